The van der Waals surface area contributed by atoms with Crippen LogP contribution < -0.4 is 0 Å². The highest BCUT2D eigenvalue weighted by Gasteiger charge is 2.26. The lowest BCUT2D eigenvalue weighted by molar-refractivity contribution is 0.246. The van der Waals surface area contributed by atoms with E-state index < -0.39 is 0 Å². The highest BCUT2D eigenvalue weighted by molar-refractivity contribution is 5.84. The number of para-hydroxylation sites is 2. The quantitative estimate of drug-likeness (QED) is 0.624. The zero-order valence-electron chi connectivity index (χ0n) is 13.5. The van der Waals surface area contributed by atoms with Crippen molar-refractivity contribution >= 4 is 10.9 Å². The Balaban J connectivity index is 2.22. The second-order valence-corrected chi connectivity index (χ2v) is 5.63. The zero-order chi connectivity index (χ0) is 16.4. The van der Waals surface area contributed by atoms with E-state index in [-0.39, 0.29) is 17.5 Å². The van der Waals surface area contributed by atoms with Gasteiger partial charge in [0.2, 0.25) is 0 Å². The number of phenolic OH excluding ortho intramolecular Hbond substituents is 2. The molecule has 3 aromatic rings. The summed E-state index contributed by atoms with van der Waals surface area (Å²) in [6.45, 7) is 5.89. The summed E-state index contributed by atoms with van der Waals surface area (Å²) in [6.07, 6.45) is 2.00. The van der Waals surface area contributed by atoms with Crippen molar-refractivity contribution in [1.82, 2.24) is 9.88 Å². The Morgan fingerprint density at radius 1 is 0.957 bits per heavy atom. The molecule has 0 saturated carbocycles. The highest BCUT2D eigenvalue weighted by Crippen LogP contribution is 2.40. The molecule has 3 rings (SSSR count). The third-order valence-corrected chi connectivity index (χ3v) is 4.43. The summed E-state index contributed by atoms with van der Waals surface area (Å²) in [6, 6.07) is 13.2. The molecule has 120 valence electrons. The smallest absolute Gasteiger partial charge is 0.162 e. The van der Waals surface area contributed by atoms with Crippen molar-refractivity contribution in [3.8, 4) is 11.5 Å². The van der Waals surface area contributed by atoms with Crippen molar-refractivity contribution in [2.24, 2.45) is 0 Å². The van der Waals surface area contributed by atoms with Crippen molar-refractivity contribution in [3.05, 3.63) is 59.8 Å². The van der Waals surface area contributed by atoms with Gasteiger partial charge < -0.3 is 15.2 Å². The minimum absolute atomic E-state index is 0.0466. The van der Waals surface area contributed by atoms with Gasteiger partial charge in [-0.15, -0.1) is 0 Å². The van der Waals surface area contributed by atoms with Gasteiger partial charge in [0.15, 0.2) is 11.5 Å². The van der Waals surface area contributed by atoms with Crippen molar-refractivity contribution in [1.29, 1.82) is 0 Å². The molecule has 0 aliphatic heterocycles. The van der Waals surface area contributed by atoms with Crippen LogP contribution in [0.5, 0.6) is 11.5 Å². The molecule has 23 heavy (non-hydrogen) atoms. The largest absolute Gasteiger partial charge is 0.504 e. The number of benzene rings is 2. The number of rotatable bonds is 5. The lowest BCUT2D eigenvalue weighted by Crippen LogP contribution is -2.29. The summed E-state index contributed by atoms with van der Waals surface area (Å²) in [5, 5.41) is 21.4. The van der Waals surface area contributed by atoms with Crippen LogP contribution in [0.3, 0.4) is 0 Å². The number of hydrogen-bond donors (Lipinski definition) is 3. The van der Waals surface area contributed by atoms with Gasteiger partial charge in [0.1, 0.15) is 0 Å². The van der Waals surface area contributed by atoms with Gasteiger partial charge in [-0.1, -0.05) is 44.2 Å². The number of aromatic hydroxyl groups is 2. The fourth-order valence-corrected chi connectivity index (χ4v) is 3.24. The first-order valence-electron chi connectivity index (χ1n) is 7.98. The maximum Gasteiger partial charge on any atom is 0.162 e. The molecule has 0 saturated heterocycles. The monoisotopic (exact) mass is 310 g/mol. The summed E-state index contributed by atoms with van der Waals surface area (Å²) in [5.41, 5.74) is 2.89. The predicted molar refractivity (Wildman–Crippen MR) is 92.8 cm³/mol. The minimum atomic E-state index is -0.117. The molecule has 0 radical (unpaired) electrons. The standard InChI is InChI=1S/C19H22N2O2/c1-3-21(4-2)18(14-9-7-11-17(22)19(14)23)15-12-20-16-10-6-5-8-13(15)16/h5-12,18,20,22-23H,3-4H2,1-2H3. The molecule has 0 aliphatic rings. The van der Waals surface area contributed by atoms with Crippen LogP contribution in [0.2, 0.25) is 0 Å². The maximum atomic E-state index is 10.4. The van der Waals surface area contributed by atoms with Gasteiger partial charge in [0.25, 0.3) is 0 Å². The summed E-state index contributed by atoms with van der Waals surface area (Å²) < 4.78 is 0. The third-order valence-electron chi connectivity index (χ3n) is 4.43. The van der Waals surface area contributed by atoms with Crippen molar-refractivity contribution < 1.29 is 10.2 Å². The van der Waals surface area contributed by atoms with Crippen LogP contribution in [0, 0.1) is 0 Å². The molecule has 1 aromatic heterocycles. The van der Waals surface area contributed by atoms with Gasteiger partial charge in [0, 0.05) is 22.7 Å². The van der Waals surface area contributed by atoms with Crippen LogP contribution in [-0.4, -0.2) is 33.2 Å². The maximum absolute atomic E-state index is 10.4. The number of aromatic amines is 1. The van der Waals surface area contributed by atoms with E-state index in [1.165, 1.54) is 6.07 Å². The zero-order valence-corrected chi connectivity index (χ0v) is 13.5. The number of H-pyrrole nitrogens is 1. The van der Waals surface area contributed by atoms with Crippen molar-refractivity contribution in [2.75, 3.05) is 13.1 Å². The molecule has 1 heterocycles. The van der Waals surface area contributed by atoms with Gasteiger partial charge in [-0.25, -0.2) is 0 Å². The van der Waals surface area contributed by atoms with E-state index in [0.29, 0.717) is 0 Å². The fraction of sp³-hybridized carbons (Fsp3) is 0.263. The molecule has 1 unspecified atom stereocenters. The van der Waals surface area contributed by atoms with E-state index in [1.807, 2.05) is 30.5 Å². The molecule has 1 atom stereocenters. The molecular weight excluding hydrogens is 288 g/mol. The van der Waals surface area contributed by atoms with E-state index in [2.05, 4.69) is 29.8 Å². The Labute approximate surface area is 136 Å². The van der Waals surface area contributed by atoms with E-state index in [1.54, 1.807) is 6.07 Å². The first kappa shape index (κ1) is 15.4. The Morgan fingerprint density at radius 2 is 1.70 bits per heavy atom. The van der Waals surface area contributed by atoms with Crippen molar-refractivity contribution in [2.45, 2.75) is 19.9 Å². The van der Waals surface area contributed by atoms with Gasteiger partial charge in [-0.3, -0.25) is 4.90 Å². The molecule has 3 N–H and O–H groups in total. The first-order valence-corrected chi connectivity index (χ1v) is 7.98. The topological polar surface area (TPSA) is 59.5 Å². The summed E-state index contributed by atoms with van der Waals surface area (Å²) in [4.78, 5) is 5.57. The van der Waals surface area contributed by atoms with Crippen LogP contribution in [0.1, 0.15) is 31.0 Å². The second kappa shape index (κ2) is 6.34. The van der Waals surface area contributed by atoms with E-state index in [0.717, 1.165) is 35.1 Å². The van der Waals surface area contributed by atoms with Crippen LogP contribution in [0.4, 0.5) is 0 Å². The van der Waals surface area contributed by atoms with Crippen LogP contribution in [0.25, 0.3) is 10.9 Å². The van der Waals surface area contributed by atoms with Gasteiger partial charge >= 0.3 is 0 Å². The molecular formula is C19H22N2O2. The number of nitrogens with one attached hydrogen (secondary N) is 1. The number of aromatic nitrogens is 1. The number of nitrogens with zero attached hydrogens (tertiary/aromatic N) is 1. The lowest BCUT2D eigenvalue weighted by atomic mass is 9.95. The number of phenols is 2. The molecule has 4 heteroatoms. The van der Waals surface area contributed by atoms with Gasteiger partial charge in [-0.2, -0.15) is 0 Å². The SMILES string of the molecule is CCN(CC)C(c1cccc(O)c1O)c1c[nH]c2ccccc12. The van der Waals surface area contributed by atoms with Gasteiger partial charge in [-0.05, 0) is 30.8 Å². The summed E-state index contributed by atoms with van der Waals surface area (Å²) >= 11 is 0. The average Bonchev–Trinajstić information content (AvgIpc) is 2.99. The van der Waals surface area contributed by atoms with E-state index >= 15 is 0 Å². The first-order chi connectivity index (χ1) is 11.2. The molecule has 4 nitrogen and oxygen atoms in total. The predicted octanol–water partition coefficient (Wildman–Crippen LogP) is 4.01. The summed E-state index contributed by atoms with van der Waals surface area (Å²) in [7, 11) is 0. The molecule has 0 aliphatic carbocycles. The molecule has 0 spiro atoms. The van der Waals surface area contributed by atoms with Crippen molar-refractivity contribution in [3.63, 3.8) is 0 Å². The molecule has 0 bridgehead atoms. The average molecular weight is 310 g/mol. The molecule has 0 amide bonds. The Morgan fingerprint density at radius 3 is 2.43 bits per heavy atom. The van der Waals surface area contributed by atoms with Crippen LogP contribution >= 0.6 is 0 Å². The van der Waals surface area contributed by atoms with Gasteiger partial charge in [0.05, 0.1) is 6.04 Å². The number of hydrogen-bond acceptors (Lipinski definition) is 3. The van der Waals surface area contributed by atoms with Crippen LogP contribution in [0.15, 0.2) is 48.7 Å². The lowest BCUT2D eigenvalue weighted by Gasteiger charge is -2.30. The van der Waals surface area contributed by atoms with E-state index in [9.17, 15) is 10.2 Å². The fourth-order valence-electron chi connectivity index (χ4n) is 3.24. The molecule has 0 fully saturated rings. The minimum Gasteiger partial charge on any atom is -0.504 e. The third kappa shape index (κ3) is 2.66. The van der Waals surface area contributed by atoms with E-state index in [4.69, 9.17) is 0 Å². The Hall–Kier alpha value is -2.46. The Kier molecular flexibility index (Phi) is 4.26. The molecule has 2 aromatic carbocycles. The highest BCUT2D eigenvalue weighted by atomic mass is 16.3. The number of fused-ring (bicyclic) bond motifs is 1. The Bertz CT molecular complexity index is 806. The normalized spacial score (nSPS) is 12.8. The second-order valence-electron chi connectivity index (χ2n) is 5.63. The van der Waals surface area contributed by atoms with Crippen LogP contribution in [-0.2, 0) is 0 Å². The summed E-state index contributed by atoms with van der Waals surface area (Å²) in [5.74, 6) is -0.130.